The maximum atomic E-state index is 9.15. The quantitative estimate of drug-likeness (QED) is 0.750. The van der Waals surface area contributed by atoms with Gasteiger partial charge >= 0.3 is 0 Å². The first-order chi connectivity index (χ1) is 12.7. The molecule has 26 heavy (non-hydrogen) atoms. The second kappa shape index (κ2) is 7.09. The first-order valence-electron chi connectivity index (χ1n) is 9.11. The van der Waals surface area contributed by atoms with Crippen molar-refractivity contribution >= 4 is 11.8 Å². The predicted molar refractivity (Wildman–Crippen MR) is 102 cm³/mol. The van der Waals surface area contributed by atoms with Crippen LogP contribution in [0.25, 0.3) is 11.3 Å². The number of benzene rings is 1. The molecule has 0 amide bonds. The summed E-state index contributed by atoms with van der Waals surface area (Å²) in [5.74, 6) is 2.34. The van der Waals surface area contributed by atoms with Crippen LogP contribution in [0, 0.1) is 6.92 Å². The van der Waals surface area contributed by atoms with E-state index in [0.29, 0.717) is 25.1 Å². The van der Waals surface area contributed by atoms with Crippen LogP contribution in [0.5, 0.6) is 5.75 Å². The lowest BCUT2D eigenvalue weighted by Gasteiger charge is -2.27. The summed E-state index contributed by atoms with van der Waals surface area (Å²) in [5, 5.41) is 15.6. The van der Waals surface area contributed by atoms with Crippen LogP contribution in [-0.4, -0.2) is 54.4 Å². The fourth-order valence-electron chi connectivity index (χ4n) is 3.63. The van der Waals surface area contributed by atoms with Gasteiger partial charge in [-0.2, -0.15) is 4.98 Å². The zero-order valence-corrected chi connectivity index (χ0v) is 15.2. The highest BCUT2D eigenvalue weighted by Crippen LogP contribution is 2.41. The standard InChI is InChI=1S/C19H25N5O2/c1-12-3-4-16-14(9-12)17-15(11-26-16)18(23-19(22-17)21-6-8-25)24-7-5-13(10-24)20-2/h3-4,9,13,20,25H,5-8,10-11H2,1-2H3,(H,21,22,23). The summed E-state index contributed by atoms with van der Waals surface area (Å²) in [6.45, 7) is 4.88. The van der Waals surface area contributed by atoms with Gasteiger partial charge in [0.2, 0.25) is 5.95 Å². The Morgan fingerprint density at radius 1 is 1.35 bits per heavy atom. The number of anilines is 2. The van der Waals surface area contributed by atoms with E-state index in [2.05, 4.69) is 34.6 Å². The molecule has 2 aliphatic rings. The Hall–Kier alpha value is -2.38. The molecule has 0 spiro atoms. The van der Waals surface area contributed by atoms with Gasteiger partial charge in [-0.3, -0.25) is 0 Å². The van der Waals surface area contributed by atoms with Gasteiger partial charge in [0, 0.05) is 31.2 Å². The number of aliphatic hydroxyl groups is 1. The second-order valence-corrected chi connectivity index (χ2v) is 6.86. The molecule has 1 fully saturated rings. The van der Waals surface area contributed by atoms with E-state index in [1.807, 2.05) is 13.1 Å². The lowest BCUT2D eigenvalue weighted by atomic mass is 10.0. The summed E-state index contributed by atoms with van der Waals surface area (Å²) in [6, 6.07) is 6.63. The molecule has 1 aromatic heterocycles. The van der Waals surface area contributed by atoms with Crippen LogP contribution < -0.4 is 20.3 Å². The topological polar surface area (TPSA) is 82.5 Å². The first kappa shape index (κ1) is 17.1. The highest BCUT2D eigenvalue weighted by Gasteiger charge is 2.30. The highest BCUT2D eigenvalue weighted by atomic mass is 16.5. The summed E-state index contributed by atoms with van der Waals surface area (Å²) in [7, 11) is 2.00. The number of aromatic nitrogens is 2. The lowest BCUT2D eigenvalue weighted by Crippen LogP contribution is -2.31. The van der Waals surface area contributed by atoms with Crippen LogP contribution >= 0.6 is 0 Å². The molecule has 7 heteroatoms. The zero-order chi connectivity index (χ0) is 18.1. The molecule has 0 saturated carbocycles. The van der Waals surface area contributed by atoms with E-state index >= 15 is 0 Å². The Kier molecular flexibility index (Phi) is 4.65. The maximum absolute atomic E-state index is 9.15. The number of likely N-dealkylation sites (N-methyl/N-ethyl adjacent to an activating group) is 1. The molecule has 0 aliphatic carbocycles. The molecule has 1 atom stereocenters. The molecule has 4 rings (SSSR count). The van der Waals surface area contributed by atoms with Crippen molar-refractivity contribution in [2.75, 3.05) is 43.5 Å². The molecule has 1 unspecified atom stereocenters. The smallest absolute Gasteiger partial charge is 0.225 e. The average molecular weight is 355 g/mol. The van der Waals surface area contributed by atoms with E-state index in [0.717, 1.165) is 47.9 Å². The summed E-state index contributed by atoms with van der Waals surface area (Å²) >= 11 is 0. The van der Waals surface area contributed by atoms with E-state index in [4.69, 9.17) is 19.8 Å². The highest BCUT2D eigenvalue weighted by molar-refractivity contribution is 5.77. The van der Waals surface area contributed by atoms with Crippen LogP contribution in [-0.2, 0) is 6.61 Å². The Labute approximate surface area is 153 Å². The number of nitrogens with zero attached hydrogens (tertiary/aromatic N) is 3. The van der Waals surface area contributed by atoms with Crippen LogP contribution in [0.4, 0.5) is 11.8 Å². The molecule has 3 N–H and O–H groups in total. The zero-order valence-electron chi connectivity index (χ0n) is 15.2. The second-order valence-electron chi connectivity index (χ2n) is 6.86. The minimum absolute atomic E-state index is 0.0418. The monoisotopic (exact) mass is 355 g/mol. The summed E-state index contributed by atoms with van der Waals surface area (Å²) in [5.41, 5.74) is 4.13. The van der Waals surface area contributed by atoms with Crippen molar-refractivity contribution in [1.29, 1.82) is 0 Å². The van der Waals surface area contributed by atoms with Crippen LogP contribution in [0.15, 0.2) is 18.2 Å². The molecule has 1 aromatic carbocycles. The fourth-order valence-corrected chi connectivity index (χ4v) is 3.63. The molecule has 1 saturated heterocycles. The van der Waals surface area contributed by atoms with E-state index < -0.39 is 0 Å². The molecule has 138 valence electrons. The van der Waals surface area contributed by atoms with Crippen molar-refractivity contribution < 1.29 is 9.84 Å². The predicted octanol–water partition coefficient (Wildman–Crippen LogP) is 1.55. The third kappa shape index (κ3) is 3.08. The Morgan fingerprint density at radius 3 is 3.00 bits per heavy atom. The van der Waals surface area contributed by atoms with Gasteiger partial charge < -0.3 is 25.4 Å². The van der Waals surface area contributed by atoms with Crippen molar-refractivity contribution in [3.05, 3.63) is 29.3 Å². The average Bonchev–Trinajstić information content (AvgIpc) is 3.14. The first-order valence-corrected chi connectivity index (χ1v) is 9.11. The largest absolute Gasteiger partial charge is 0.488 e. The van der Waals surface area contributed by atoms with Crippen molar-refractivity contribution in [2.45, 2.75) is 26.0 Å². The molecule has 7 nitrogen and oxygen atoms in total. The van der Waals surface area contributed by atoms with Crippen molar-refractivity contribution in [3.63, 3.8) is 0 Å². The van der Waals surface area contributed by atoms with E-state index in [9.17, 15) is 0 Å². The Balaban J connectivity index is 1.80. The molecule has 0 radical (unpaired) electrons. The van der Waals surface area contributed by atoms with E-state index in [-0.39, 0.29) is 6.61 Å². The lowest BCUT2D eigenvalue weighted by molar-refractivity contribution is 0.301. The van der Waals surface area contributed by atoms with Gasteiger partial charge in [-0.1, -0.05) is 11.6 Å². The minimum Gasteiger partial charge on any atom is -0.488 e. The summed E-state index contributed by atoms with van der Waals surface area (Å²) < 4.78 is 6.00. The maximum Gasteiger partial charge on any atom is 0.225 e. The van der Waals surface area contributed by atoms with E-state index in [1.165, 1.54) is 5.56 Å². The minimum atomic E-state index is 0.0418. The van der Waals surface area contributed by atoms with Crippen molar-refractivity contribution in [1.82, 2.24) is 15.3 Å². The molecule has 2 aliphatic heterocycles. The van der Waals surface area contributed by atoms with Gasteiger partial charge in [-0.05, 0) is 32.5 Å². The summed E-state index contributed by atoms with van der Waals surface area (Å²) in [4.78, 5) is 11.8. The third-order valence-corrected chi connectivity index (χ3v) is 5.04. The number of rotatable bonds is 5. The number of hydrogen-bond donors (Lipinski definition) is 3. The van der Waals surface area contributed by atoms with E-state index in [1.54, 1.807) is 0 Å². The normalized spacial score (nSPS) is 18.3. The van der Waals surface area contributed by atoms with Crippen LogP contribution in [0.1, 0.15) is 17.5 Å². The van der Waals surface area contributed by atoms with Crippen LogP contribution in [0.2, 0.25) is 0 Å². The van der Waals surface area contributed by atoms with Gasteiger partial charge in [-0.25, -0.2) is 4.98 Å². The molecule has 3 heterocycles. The van der Waals surface area contributed by atoms with Gasteiger partial charge in [0.15, 0.2) is 0 Å². The Morgan fingerprint density at radius 2 is 2.23 bits per heavy atom. The fraction of sp³-hybridized carbons (Fsp3) is 0.474. The van der Waals surface area contributed by atoms with Gasteiger partial charge in [0.05, 0.1) is 17.9 Å². The molecular weight excluding hydrogens is 330 g/mol. The molecule has 2 aromatic rings. The number of aliphatic hydroxyl groups excluding tert-OH is 1. The SMILES string of the molecule is CNC1CCN(c2nc(NCCO)nc3c2COc2ccc(C)cc2-3)C1. The van der Waals surface area contributed by atoms with Gasteiger partial charge in [0.1, 0.15) is 18.2 Å². The van der Waals surface area contributed by atoms with Gasteiger partial charge in [-0.15, -0.1) is 0 Å². The van der Waals surface area contributed by atoms with Crippen LogP contribution in [0.3, 0.4) is 0 Å². The molecule has 0 bridgehead atoms. The summed E-state index contributed by atoms with van der Waals surface area (Å²) in [6.07, 6.45) is 1.09. The Bertz CT molecular complexity index is 811. The van der Waals surface area contributed by atoms with Crippen molar-refractivity contribution in [2.24, 2.45) is 0 Å². The third-order valence-electron chi connectivity index (χ3n) is 5.04. The molecular formula is C19H25N5O2. The number of hydrogen-bond acceptors (Lipinski definition) is 7. The van der Waals surface area contributed by atoms with Gasteiger partial charge in [0.25, 0.3) is 0 Å². The number of ether oxygens (including phenoxy) is 1. The van der Waals surface area contributed by atoms with Crippen molar-refractivity contribution in [3.8, 4) is 17.0 Å². The number of nitrogens with one attached hydrogen (secondary N) is 2. The number of aryl methyl sites for hydroxylation is 1. The number of fused-ring (bicyclic) bond motifs is 3.